The van der Waals surface area contributed by atoms with Gasteiger partial charge in [0.05, 0.1) is 11.9 Å². The van der Waals surface area contributed by atoms with Crippen molar-refractivity contribution in [2.24, 2.45) is 0 Å². The van der Waals surface area contributed by atoms with E-state index in [4.69, 9.17) is 11.6 Å². The van der Waals surface area contributed by atoms with Gasteiger partial charge in [0.1, 0.15) is 12.6 Å². The van der Waals surface area contributed by atoms with Gasteiger partial charge in [-0.15, -0.1) is 0 Å². The zero-order chi connectivity index (χ0) is 28.6. The Balaban J connectivity index is 2.07. The van der Waals surface area contributed by atoms with Crippen LogP contribution in [0.15, 0.2) is 78.9 Å². The Morgan fingerprint density at radius 2 is 1.59 bits per heavy atom. The van der Waals surface area contributed by atoms with Crippen molar-refractivity contribution in [3.63, 3.8) is 0 Å². The Bertz CT molecular complexity index is 1380. The summed E-state index contributed by atoms with van der Waals surface area (Å²) in [6, 6.07) is 22.6. The molecule has 0 aliphatic heterocycles. The molecule has 3 aromatic rings. The summed E-state index contributed by atoms with van der Waals surface area (Å²) >= 11 is 6.24. The van der Waals surface area contributed by atoms with Gasteiger partial charge in [0.2, 0.25) is 21.8 Å². The predicted molar refractivity (Wildman–Crippen MR) is 157 cm³/mol. The van der Waals surface area contributed by atoms with Crippen LogP contribution in [-0.2, 0) is 32.6 Å². The maximum atomic E-state index is 14.1. The number of halogens is 1. The lowest BCUT2D eigenvalue weighted by atomic mass is 10.0. The maximum absolute atomic E-state index is 14.1. The second-order valence-corrected chi connectivity index (χ2v) is 12.1. The Labute approximate surface area is 236 Å². The Morgan fingerprint density at radius 1 is 0.949 bits per heavy atom. The number of amides is 2. The van der Waals surface area contributed by atoms with Crippen LogP contribution in [0.1, 0.15) is 37.0 Å². The van der Waals surface area contributed by atoms with Crippen LogP contribution in [0.2, 0.25) is 5.02 Å². The molecule has 39 heavy (non-hydrogen) atoms. The minimum atomic E-state index is -3.81. The first-order chi connectivity index (χ1) is 18.5. The van der Waals surface area contributed by atoms with Crippen molar-refractivity contribution < 1.29 is 18.0 Å². The van der Waals surface area contributed by atoms with E-state index in [1.54, 1.807) is 43.3 Å². The molecule has 0 aromatic heterocycles. The van der Waals surface area contributed by atoms with E-state index in [1.807, 2.05) is 56.3 Å². The van der Waals surface area contributed by atoms with E-state index in [0.29, 0.717) is 16.3 Å². The smallest absolute Gasteiger partial charge is 0.244 e. The second kappa shape index (κ2) is 13.6. The molecule has 9 heteroatoms. The molecule has 2 amide bonds. The number of anilines is 1. The number of carbonyl (C=O) groups is 2. The number of benzene rings is 3. The van der Waals surface area contributed by atoms with E-state index in [9.17, 15) is 18.0 Å². The molecule has 0 aliphatic rings. The number of sulfonamides is 1. The molecule has 208 valence electrons. The minimum absolute atomic E-state index is 0.0796. The number of hydrogen-bond acceptors (Lipinski definition) is 4. The molecule has 3 rings (SSSR count). The van der Waals surface area contributed by atoms with Crippen LogP contribution < -0.4 is 9.62 Å². The van der Waals surface area contributed by atoms with Gasteiger partial charge >= 0.3 is 0 Å². The molecule has 0 spiro atoms. The van der Waals surface area contributed by atoms with Crippen molar-refractivity contribution in [3.05, 3.63) is 101 Å². The summed E-state index contributed by atoms with van der Waals surface area (Å²) < 4.78 is 26.9. The average molecular weight is 570 g/mol. The second-order valence-electron chi connectivity index (χ2n) is 9.73. The Hall–Kier alpha value is -3.36. The van der Waals surface area contributed by atoms with Crippen molar-refractivity contribution in [2.45, 2.75) is 52.2 Å². The van der Waals surface area contributed by atoms with E-state index in [0.717, 1.165) is 28.1 Å². The van der Waals surface area contributed by atoms with Gasteiger partial charge in [-0.2, -0.15) is 0 Å². The van der Waals surface area contributed by atoms with Crippen LogP contribution >= 0.6 is 11.6 Å². The lowest BCUT2D eigenvalue weighted by Crippen LogP contribution is -2.54. The molecular weight excluding hydrogens is 534 g/mol. The van der Waals surface area contributed by atoms with Gasteiger partial charge in [0.15, 0.2) is 0 Å². The molecule has 0 bridgehead atoms. The molecule has 0 aliphatic carbocycles. The van der Waals surface area contributed by atoms with Gasteiger partial charge < -0.3 is 10.2 Å². The number of hydrogen-bond donors (Lipinski definition) is 1. The molecule has 0 unspecified atom stereocenters. The standard InChI is InChI=1S/C30H36ClN3O4S/c1-5-23(3)32-30(36)28(19-24-13-7-6-8-14-24)33(20-25-15-11-16-26(31)18-25)29(35)21-34(39(4,37)38)27-17-10-9-12-22(27)2/h6-18,23,28H,5,19-21H2,1-4H3,(H,32,36)/t23-,28-/m0/s1. The van der Waals surface area contributed by atoms with E-state index < -0.39 is 28.5 Å². The average Bonchev–Trinajstić information content (AvgIpc) is 2.89. The quantitative estimate of drug-likeness (QED) is 0.334. The molecular formula is C30H36ClN3O4S. The number of carbonyl (C=O) groups excluding carboxylic acids is 2. The summed E-state index contributed by atoms with van der Waals surface area (Å²) in [4.78, 5) is 29.2. The third kappa shape index (κ3) is 8.57. The minimum Gasteiger partial charge on any atom is -0.352 e. The van der Waals surface area contributed by atoms with E-state index >= 15 is 0 Å². The highest BCUT2D eigenvalue weighted by Crippen LogP contribution is 2.24. The van der Waals surface area contributed by atoms with Gasteiger partial charge in [-0.05, 0) is 55.2 Å². The summed E-state index contributed by atoms with van der Waals surface area (Å²) in [7, 11) is -3.81. The number of nitrogens with one attached hydrogen (secondary N) is 1. The monoisotopic (exact) mass is 569 g/mol. The maximum Gasteiger partial charge on any atom is 0.244 e. The first kappa shape index (κ1) is 30.2. The molecule has 0 heterocycles. The van der Waals surface area contributed by atoms with Gasteiger partial charge in [-0.1, -0.05) is 79.2 Å². The number of rotatable bonds is 12. The highest BCUT2D eigenvalue weighted by molar-refractivity contribution is 7.92. The van der Waals surface area contributed by atoms with Crippen LogP contribution in [0, 0.1) is 6.92 Å². The lowest BCUT2D eigenvalue weighted by molar-refractivity contribution is -0.140. The fraction of sp³-hybridized carbons (Fsp3) is 0.333. The van der Waals surface area contributed by atoms with Crippen molar-refractivity contribution in [2.75, 3.05) is 17.1 Å². The van der Waals surface area contributed by atoms with Gasteiger partial charge in [0.25, 0.3) is 0 Å². The van der Waals surface area contributed by atoms with Crippen LogP contribution in [0.5, 0.6) is 0 Å². The van der Waals surface area contributed by atoms with Crippen molar-refractivity contribution in [3.8, 4) is 0 Å². The first-order valence-corrected chi connectivity index (χ1v) is 15.1. The third-order valence-corrected chi connectivity index (χ3v) is 7.94. The summed E-state index contributed by atoms with van der Waals surface area (Å²) in [6.45, 7) is 5.30. The highest BCUT2D eigenvalue weighted by atomic mass is 35.5. The molecule has 0 saturated heterocycles. The molecule has 2 atom stereocenters. The van der Waals surface area contributed by atoms with E-state index in [1.165, 1.54) is 4.90 Å². The van der Waals surface area contributed by atoms with E-state index in [-0.39, 0.29) is 24.9 Å². The normalized spacial score (nSPS) is 12.8. The predicted octanol–water partition coefficient (Wildman–Crippen LogP) is 4.97. The Kier molecular flexibility index (Phi) is 10.5. The summed E-state index contributed by atoms with van der Waals surface area (Å²) in [6.07, 6.45) is 2.06. The highest BCUT2D eigenvalue weighted by Gasteiger charge is 2.33. The van der Waals surface area contributed by atoms with Crippen molar-refractivity contribution in [1.29, 1.82) is 0 Å². The van der Waals surface area contributed by atoms with Crippen molar-refractivity contribution >= 4 is 39.1 Å². The molecule has 0 fully saturated rings. The van der Waals surface area contributed by atoms with E-state index in [2.05, 4.69) is 5.32 Å². The molecule has 0 radical (unpaired) electrons. The lowest BCUT2D eigenvalue weighted by Gasteiger charge is -2.34. The fourth-order valence-electron chi connectivity index (χ4n) is 4.27. The third-order valence-electron chi connectivity index (χ3n) is 6.58. The summed E-state index contributed by atoms with van der Waals surface area (Å²) in [5, 5.41) is 3.52. The van der Waals surface area contributed by atoms with Gasteiger partial charge in [0, 0.05) is 24.0 Å². The largest absolute Gasteiger partial charge is 0.352 e. The first-order valence-electron chi connectivity index (χ1n) is 12.9. The topological polar surface area (TPSA) is 86.8 Å². The van der Waals surface area contributed by atoms with Gasteiger partial charge in [-0.3, -0.25) is 13.9 Å². The van der Waals surface area contributed by atoms with Crippen LogP contribution in [-0.4, -0.2) is 50.0 Å². The van der Waals surface area contributed by atoms with Crippen LogP contribution in [0.25, 0.3) is 0 Å². The molecule has 0 saturated carbocycles. The molecule has 1 N–H and O–H groups in total. The van der Waals surface area contributed by atoms with Crippen LogP contribution in [0.3, 0.4) is 0 Å². The SMILES string of the molecule is CC[C@H](C)NC(=O)[C@H](Cc1ccccc1)N(Cc1cccc(Cl)c1)C(=O)CN(c1ccccc1C)S(C)(=O)=O. The zero-order valence-electron chi connectivity index (χ0n) is 22.8. The summed E-state index contributed by atoms with van der Waals surface area (Å²) in [5.41, 5.74) is 2.74. The molecule has 7 nitrogen and oxygen atoms in total. The summed E-state index contributed by atoms with van der Waals surface area (Å²) in [5.74, 6) is -0.797. The zero-order valence-corrected chi connectivity index (χ0v) is 24.4. The van der Waals surface area contributed by atoms with Crippen LogP contribution in [0.4, 0.5) is 5.69 Å². The Morgan fingerprint density at radius 3 is 2.21 bits per heavy atom. The number of aryl methyl sites for hydroxylation is 1. The number of nitrogens with zero attached hydrogens (tertiary/aromatic N) is 2. The van der Waals surface area contributed by atoms with Gasteiger partial charge in [-0.25, -0.2) is 8.42 Å². The molecule has 3 aromatic carbocycles. The fourth-order valence-corrected chi connectivity index (χ4v) is 5.39. The number of para-hydroxylation sites is 1. The van der Waals surface area contributed by atoms with Crippen molar-refractivity contribution in [1.82, 2.24) is 10.2 Å².